The molecule has 6 heteroatoms. The Kier molecular flexibility index (Phi) is 4.90. The third kappa shape index (κ3) is 3.45. The van der Waals surface area contributed by atoms with Gasteiger partial charge in [0, 0.05) is 30.3 Å². The molecule has 2 unspecified atom stereocenters. The number of nitrogens with one attached hydrogen (secondary N) is 1. The molecular formula is C21H23N5S. The maximum absolute atomic E-state index is 5.68. The van der Waals surface area contributed by atoms with E-state index < -0.39 is 0 Å². The molecule has 1 fully saturated rings. The highest BCUT2D eigenvalue weighted by Gasteiger charge is 2.42. The molecule has 0 aliphatic carbocycles. The topological polar surface area (TPSA) is 46.0 Å². The fraction of sp³-hybridized carbons (Fsp3) is 0.286. The van der Waals surface area contributed by atoms with Crippen molar-refractivity contribution in [1.29, 1.82) is 0 Å². The van der Waals surface area contributed by atoms with Crippen molar-refractivity contribution in [3.05, 3.63) is 84.2 Å². The lowest BCUT2D eigenvalue weighted by atomic mass is 10.0. The molecule has 3 aromatic heterocycles. The van der Waals surface area contributed by atoms with E-state index in [0.717, 1.165) is 23.0 Å². The fourth-order valence-corrected chi connectivity index (χ4v) is 4.20. The molecule has 0 radical (unpaired) electrons. The third-order valence-corrected chi connectivity index (χ3v) is 5.25. The molecule has 0 amide bonds. The Labute approximate surface area is 165 Å². The Morgan fingerprint density at radius 1 is 1.04 bits per heavy atom. The molecule has 0 saturated carbocycles. The monoisotopic (exact) mass is 377 g/mol. The Balaban J connectivity index is 1.74. The van der Waals surface area contributed by atoms with Crippen LogP contribution in [0.3, 0.4) is 0 Å². The normalized spacial score (nSPS) is 19.5. The first-order valence-electron chi connectivity index (χ1n) is 9.20. The van der Waals surface area contributed by atoms with Gasteiger partial charge in [-0.15, -0.1) is 0 Å². The Morgan fingerprint density at radius 2 is 1.81 bits per heavy atom. The van der Waals surface area contributed by atoms with Crippen LogP contribution in [-0.4, -0.2) is 30.6 Å². The van der Waals surface area contributed by atoms with Crippen LogP contribution in [0.15, 0.2) is 67.1 Å². The number of hydrogen-bond acceptors (Lipinski definition) is 3. The lowest BCUT2D eigenvalue weighted by Crippen LogP contribution is -2.36. The van der Waals surface area contributed by atoms with Gasteiger partial charge in [0.15, 0.2) is 5.11 Å². The van der Waals surface area contributed by atoms with Gasteiger partial charge in [-0.1, -0.05) is 12.1 Å². The molecule has 5 nitrogen and oxygen atoms in total. The summed E-state index contributed by atoms with van der Waals surface area (Å²) in [5, 5.41) is 4.27. The maximum atomic E-state index is 5.68. The Morgan fingerprint density at radius 3 is 2.48 bits per heavy atom. The van der Waals surface area contributed by atoms with Gasteiger partial charge >= 0.3 is 0 Å². The Hall–Kier alpha value is -2.73. The van der Waals surface area contributed by atoms with Gasteiger partial charge in [0.25, 0.3) is 0 Å². The van der Waals surface area contributed by atoms with Crippen LogP contribution in [0.5, 0.6) is 0 Å². The zero-order valence-electron chi connectivity index (χ0n) is 15.5. The minimum Gasteiger partial charge on any atom is -0.352 e. The van der Waals surface area contributed by atoms with Gasteiger partial charge in [-0.3, -0.25) is 9.97 Å². The van der Waals surface area contributed by atoms with E-state index in [1.54, 1.807) is 0 Å². The van der Waals surface area contributed by atoms with Crippen LogP contribution < -0.4 is 5.32 Å². The summed E-state index contributed by atoms with van der Waals surface area (Å²) in [5.41, 5.74) is 3.24. The number of thiocarbonyl (C=S) groups is 1. The molecule has 138 valence electrons. The Bertz CT molecular complexity index is 907. The quantitative estimate of drug-likeness (QED) is 0.687. The van der Waals surface area contributed by atoms with Crippen LogP contribution in [0.2, 0.25) is 0 Å². The first kappa shape index (κ1) is 17.7. The van der Waals surface area contributed by atoms with E-state index in [4.69, 9.17) is 12.2 Å². The second-order valence-corrected chi connectivity index (χ2v) is 7.40. The highest BCUT2D eigenvalue weighted by atomic mass is 32.1. The molecule has 4 heterocycles. The predicted molar refractivity (Wildman–Crippen MR) is 110 cm³/mol. The van der Waals surface area contributed by atoms with Crippen LogP contribution in [0.1, 0.15) is 43.0 Å². The standard InChI is InChI=1S/C21H23N5S/c1-15(2)26-20(19(24-21(26)27)17-9-4-6-12-23-17)18-10-7-13-25(18)14-16-8-3-5-11-22-16/h3-13,15,19-20H,14H2,1-2H3,(H,24,27). The fourth-order valence-electron chi connectivity index (χ4n) is 3.74. The second-order valence-electron chi connectivity index (χ2n) is 7.01. The first-order valence-corrected chi connectivity index (χ1v) is 9.60. The second kappa shape index (κ2) is 7.48. The highest BCUT2D eigenvalue weighted by molar-refractivity contribution is 7.80. The largest absolute Gasteiger partial charge is 0.352 e. The molecule has 4 rings (SSSR count). The van der Waals surface area contributed by atoms with Crippen molar-refractivity contribution >= 4 is 17.3 Å². The minimum absolute atomic E-state index is 0.0125. The molecule has 1 N–H and O–H groups in total. The zero-order chi connectivity index (χ0) is 18.8. The third-order valence-electron chi connectivity index (χ3n) is 4.92. The number of pyridine rings is 2. The van der Waals surface area contributed by atoms with Crippen molar-refractivity contribution in [2.75, 3.05) is 0 Å². The number of rotatable bonds is 5. The van der Waals surface area contributed by atoms with Gasteiger partial charge in [0.2, 0.25) is 0 Å². The summed E-state index contributed by atoms with van der Waals surface area (Å²) in [5.74, 6) is 0. The highest BCUT2D eigenvalue weighted by Crippen LogP contribution is 2.39. The van der Waals surface area contributed by atoms with Gasteiger partial charge in [-0.25, -0.2) is 0 Å². The van der Waals surface area contributed by atoms with Gasteiger partial charge in [-0.2, -0.15) is 0 Å². The van der Waals surface area contributed by atoms with Crippen molar-refractivity contribution in [3.8, 4) is 0 Å². The minimum atomic E-state index is 0.0125. The average Bonchev–Trinajstić information content (AvgIpc) is 3.27. The van der Waals surface area contributed by atoms with E-state index in [1.807, 2.05) is 36.7 Å². The molecule has 27 heavy (non-hydrogen) atoms. The lowest BCUT2D eigenvalue weighted by molar-refractivity contribution is 0.259. The summed E-state index contributed by atoms with van der Waals surface area (Å²) in [4.78, 5) is 11.3. The molecule has 3 aromatic rings. The van der Waals surface area contributed by atoms with E-state index in [2.05, 4.69) is 69.1 Å². The molecule has 0 bridgehead atoms. The predicted octanol–water partition coefficient (Wildman–Crippen LogP) is 3.71. The molecule has 1 aliphatic heterocycles. The van der Waals surface area contributed by atoms with Crippen LogP contribution >= 0.6 is 12.2 Å². The summed E-state index contributed by atoms with van der Waals surface area (Å²) in [6.07, 6.45) is 5.78. The molecule has 1 aliphatic rings. The van der Waals surface area contributed by atoms with E-state index in [9.17, 15) is 0 Å². The smallest absolute Gasteiger partial charge is 0.170 e. The van der Waals surface area contributed by atoms with Gasteiger partial charge < -0.3 is 14.8 Å². The molecule has 1 saturated heterocycles. The lowest BCUT2D eigenvalue weighted by Gasteiger charge is -2.31. The number of nitrogens with zero attached hydrogens (tertiary/aromatic N) is 4. The van der Waals surface area contributed by atoms with Crippen molar-refractivity contribution in [1.82, 2.24) is 24.8 Å². The molecule has 0 aromatic carbocycles. The SMILES string of the molecule is CC(C)N1C(=S)NC(c2ccccn2)C1c1cccn1Cc1ccccn1. The zero-order valence-corrected chi connectivity index (χ0v) is 16.3. The van der Waals surface area contributed by atoms with Crippen LogP contribution in [0.4, 0.5) is 0 Å². The average molecular weight is 378 g/mol. The summed E-state index contributed by atoms with van der Waals surface area (Å²) < 4.78 is 2.26. The number of aromatic nitrogens is 3. The van der Waals surface area contributed by atoms with Crippen molar-refractivity contribution in [3.63, 3.8) is 0 Å². The van der Waals surface area contributed by atoms with E-state index >= 15 is 0 Å². The van der Waals surface area contributed by atoms with E-state index in [0.29, 0.717) is 0 Å². The van der Waals surface area contributed by atoms with Gasteiger partial charge in [0.1, 0.15) is 0 Å². The van der Waals surface area contributed by atoms with E-state index in [-0.39, 0.29) is 18.1 Å². The van der Waals surface area contributed by atoms with Crippen LogP contribution in [0, 0.1) is 0 Å². The van der Waals surface area contributed by atoms with Gasteiger partial charge in [0.05, 0.1) is 30.0 Å². The van der Waals surface area contributed by atoms with Crippen LogP contribution in [0.25, 0.3) is 0 Å². The molecule has 0 spiro atoms. The molecular weight excluding hydrogens is 354 g/mol. The summed E-state index contributed by atoms with van der Waals surface area (Å²) in [6, 6.07) is 16.7. The van der Waals surface area contributed by atoms with Crippen molar-refractivity contribution < 1.29 is 0 Å². The molecule has 2 atom stereocenters. The maximum Gasteiger partial charge on any atom is 0.170 e. The summed E-state index contributed by atoms with van der Waals surface area (Å²) >= 11 is 5.68. The summed E-state index contributed by atoms with van der Waals surface area (Å²) in [6.45, 7) is 5.08. The van der Waals surface area contributed by atoms with Crippen molar-refractivity contribution in [2.45, 2.75) is 38.5 Å². The first-order chi connectivity index (χ1) is 13.1. The summed E-state index contributed by atoms with van der Waals surface area (Å²) in [7, 11) is 0. The number of hydrogen-bond donors (Lipinski definition) is 1. The van der Waals surface area contributed by atoms with Crippen LogP contribution in [-0.2, 0) is 6.54 Å². The van der Waals surface area contributed by atoms with Gasteiger partial charge in [-0.05, 0) is 62.5 Å². The van der Waals surface area contributed by atoms with Crippen molar-refractivity contribution in [2.24, 2.45) is 0 Å². The van der Waals surface area contributed by atoms with E-state index in [1.165, 1.54) is 5.69 Å².